The van der Waals surface area contributed by atoms with Crippen LogP contribution >= 0.6 is 23.2 Å². The smallest absolute Gasteiger partial charge is 0.146 e. The third-order valence-corrected chi connectivity index (χ3v) is 6.08. The van der Waals surface area contributed by atoms with Crippen LogP contribution in [0.15, 0.2) is 30.3 Å². The minimum absolute atomic E-state index is 0.275. The molecular formula is C21H24Cl2N2O. The second-order valence-corrected chi connectivity index (χ2v) is 7.81. The van der Waals surface area contributed by atoms with E-state index in [0.717, 1.165) is 49.5 Å². The Hall–Kier alpha value is -1.42. The topological polar surface area (TPSA) is 24.5 Å². The van der Waals surface area contributed by atoms with Gasteiger partial charge in [0.1, 0.15) is 11.9 Å². The Kier molecular flexibility index (Phi) is 5.05. The van der Waals surface area contributed by atoms with Crippen molar-refractivity contribution in [2.24, 2.45) is 0 Å². The lowest BCUT2D eigenvalue weighted by atomic mass is 9.88. The lowest BCUT2D eigenvalue weighted by Gasteiger charge is -2.25. The molecule has 2 aromatic carbocycles. The molecule has 2 atom stereocenters. The molecule has 0 aliphatic carbocycles. The molecule has 1 saturated heterocycles. The van der Waals surface area contributed by atoms with Gasteiger partial charge in [0.15, 0.2) is 0 Å². The summed E-state index contributed by atoms with van der Waals surface area (Å²) in [6.07, 6.45) is 1.32. The van der Waals surface area contributed by atoms with Gasteiger partial charge in [0.25, 0.3) is 0 Å². The summed E-state index contributed by atoms with van der Waals surface area (Å²) in [4.78, 5) is 2.36. The van der Waals surface area contributed by atoms with E-state index in [9.17, 15) is 0 Å². The Morgan fingerprint density at radius 3 is 2.69 bits per heavy atom. The molecule has 2 aliphatic rings. The third kappa shape index (κ3) is 3.06. The predicted octanol–water partition coefficient (Wildman–Crippen LogP) is 5.34. The molecule has 138 valence electrons. The molecule has 0 aromatic heterocycles. The van der Waals surface area contributed by atoms with Gasteiger partial charge in [-0.1, -0.05) is 29.3 Å². The van der Waals surface area contributed by atoms with E-state index in [1.807, 2.05) is 18.2 Å². The average Bonchev–Trinajstić information content (AvgIpc) is 3.01. The number of benzene rings is 2. The van der Waals surface area contributed by atoms with Crippen molar-refractivity contribution < 1.29 is 4.74 Å². The molecule has 2 aliphatic heterocycles. The largest absolute Gasteiger partial charge is 0.487 e. The maximum Gasteiger partial charge on any atom is 0.146 e. The van der Waals surface area contributed by atoms with Crippen molar-refractivity contribution >= 4 is 28.9 Å². The van der Waals surface area contributed by atoms with Crippen LogP contribution in [0.2, 0.25) is 10.0 Å². The lowest BCUT2D eigenvalue weighted by Crippen LogP contribution is -2.37. The SMILES string of the molecule is CCN(CC)c1cc(-c2ccc(Cl)cc2Cl)cc2c1OC1CCNC[C@@H]21. The zero-order valence-electron chi connectivity index (χ0n) is 15.2. The van der Waals surface area contributed by atoms with Gasteiger partial charge in [0, 0.05) is 46.7 Å². The first-order chi connectivity index (χ1) is 12.6. The van der Waals surface area contributed by atoms with Gasteiger partial charge in [-0.2, -0.15) is 0 Å². The molecule has 0 saturated carbocycles. The summed E-state index contributed by atoms with van der Waals surface area (Å²) >= 11 is 12.6. The Morgan fingerprint density at radius 1 is 1.15 bits per heavy atom. The molecule has 0 bridgehead atoms. The number of hydrogen-bond acceptors (Lipinski definition) is 3. The van der Waals surface area contributed by atoms with Gasteiger partial charge in [0.2, 0.25) is 0 Å². The molecule has 1 fully saturated rings. The number of anilines is 1. The monoisotopic (exact) mass is 390 g/mol. The highest BCUT2D eigenvalue weighted by Gasteiger charge is 2.38. The first-order valence-corrected chi connectivity index (χ1v) is 10.1. The highest BCUT2D eigenvalue weighted by Crippen LogP contribution is 2.49. The molecule has 0 spiro atoms. The van der Waals surface area contributed by atoms with Crippen LogP contribution in [-0.2, 0) is 0 Å². The molecule has 1 unspecified atom stereocenters. The number of nitrogens with one attached hydrogen (secondary N) is 1. The molecule has 2 heterocycles. The fourth-order valence-electron chi connectivity index (χ4n) is 4.15. The number of hydrogen-bond donors (Lipinski definition) is 1. The van der Waals surface area contributed by atoms with Crippen LogP contribution < -0.4 is 15.0 Å². The zero-order valence-corrected chi connectivity index (χ0v) is 16.7. The number of fused-ring (bicyclic) bond motifs is 3. The van der Waals surface area contributed by atoms with E-state index in [-0.39, 0.29) is 6.10 Å². The van der Waals surface area contributed by atoms with Gasteiger partial charge in [-0.15, -0.1) is 0 Å². The van der Waals surface area contributed by atoms with Gasteiger partial charge < -0.3 is 15.0 Å². The van der Waals surface area contributed by atoms with Gasteiger partial charge in [0.05, 0.1) is 5.69 Å². The third-order valence-electron chi connectivity index (χ3n) is 5.53. The maximum absolute atomic E-state index is 6.51. The van der Waals surface area contributed by atoms with E-state index in [0.29, 0.717) is 16.0 Å². The van der Waals surface area contributed by atoms with Gasteiger partial charge in [-0.3, -0.25) is 0 Å². The van der Waals surface area contributed by atoms with Crippen LogP contribution in [0.3, 0.4) is 0 Å². The fraction of sp³-hybridized carbons (Fsp3) is 0.429. The normalized spacial score (nSPS) is 21.1. The van der Waals surface area contributed by atoms with Gasteiger partial charge >= 0.3 is 0 Å². The van der Waals surface area contributed by atoms with Gasteiger partial charge in [-0.25, -0.2) is 0 Å². The quantitative estimate of drug-likeness (QED) is 0.761. The standard InChI is InChI=1S/C21H24Cl2N2O/c1-3-25(4-2)19-10-13(15-6-5-14(22)11-18(15)23)9-16-17-12-24-8-7-20(17)26-21(16)19/h5-6,9-11,17,20,24H,3-4,7-8,12H2,1-2H3/t17-,20?/m0/s1. The summed E-state index contributed by atoms with van der Waals surface area (Å²) < 4.78 is 6.43. The number of halogens is 2. The summed E-state index contributed by atoms with van der Waals surface area (Å²) in [5.74, 6) is 1.46. The Morgan fingerprint density at radius 2 is 1.96 bits per heavy atom. The summed E-state index contributed by atoms with van der Waals surface area (Å²) in [7, 11) is 0. The van der Waals surface area contributed by atoms with Crippen LogP contribution in [0.1, 0.15) is 31.7 Å². The number of rotatable bonds is 4. The molecule has 3 nitrogen and oxygen atoms in total. The molecule has 0 radical (unpaired) electrons. The number of piperidine rings is 1. The highest BCUT2D eigenvalue weighted by atomic mass is 35.5. The van der Waals surface area contributed by atoms with Crippen molar-refractivity contribution in [3.05, 3.63) is 45.9 Å². The van der Waals surface area contributed by atoms with E-state index >= 15 is 0 Å². The van der Waals surface area contributed by atoms with Crippen LogP contribution in [-0.4, -0.2) is 32.3 Å². The van der Waals surface area contributed by atoms with Crippen LogP contribution in [0.5, 0.6) is 5.75 Å². The molecular weight excluding hydrogens is 367 g/mol. The van der Waals surface area contributed by atoms with E-state index in [1.54, 1.807) is 0 Å². The fourth-order valence-corrected chi connectivity index (χ4v) is 4.67. The maximum atomic E-state index is 6.51. The summed E-state index contributed by atoms with van der Waals surface area (Å²) in [5.41, 5.74) is 4.61. The van der Waals surface area contributed by atoms with E-state index in [1.165, 1.54) is 11.3 Å². The Labute approximate surface area is 165 Å². The van der Waals surface area contributed by atoms with E-state index in [4.69, 9.17) is 27.9 Å². The summed E-state index contributed by atoms with van der Waals surface area (Å²) in [6.45, 7) is 8.23. The number of ether oxygens (including phenoxy) is 1. The van der Waals surface area contributed by atoms with Crippen molar-refractivity contribution in [3.8, 4) is 16.9 Å². The molecule has 26 heavy (non-hydrogen) atoms. The predicted molar refractivity (Wildman–Crippen MR) is 110 cm³/mol. The Bertz CT molecular complexity index is 820. The van der Waals surface area contributed by atoms with Crippen LogP contribution in [0.4, 0.5) is 5.69 Å². The minimum Gasteiger partial charge on any atom is -0.487 e. The first kappa shape index (κ1) is 18.0. The second kappa shape index (κ2) is 7.30. The van der Waals surface area contributed by atoms with Crippen molar-refractivity contribution in [3.63, 3.8) is 0 Å². The lowest BCUT2D eigenvalue weighted by molar-refractivity contribution is 0.172. The average molecular weight is 391 g/mol. The molecule has 1 N–H and O–H groups in total. The second-order valence-electron chi connectivity index (χ2n) is 6.97. The molecule has 2 aromatic rings. The summed E-state index contributed by atoms with van der Waals surface area (Å²) in [6, 6.07) is 10.2. The summed E-state index contributed by atoms with van der Waals surface area (Å²) in [5, 5.41) is 4.85. The molecule has 4 rings (SSSR count). The van der Waals surface area contributed by atoms with Gasteiger partial charge in [-0.05, 0) is 56.6 Å². The van der Waals surface area contributed by atoms with Crippen molar-refractivity contribution in [1.29, 1.82) is 0 Å². The van der Waals surface area contributed by atoms with E-state index < -0.39 is 0 Å². The van der Waals surface area contributed by atoms with Crippen molar-refractivity contribution in [2.45, 2.75) is 32.3 Å². The molecule has 5 heteroatoms. The zero-order chi connectivity index (χ0) is 18.3. The van der Waals surface area contributed by atoms with Crippen molar-refractivity contribution in [2.75, 3.05) is 31.1 Å². The Balaban J connectivity index is 1.88. The minimum atomic E-state index is 0.275. The van der Waals surface area contributed by atoms with E-state index in [2.05, 4.69) is 36.2 Å². The van der Waals surface area contributed by atoms with Crippen LogP contribution in [0, 0.1) is 0 Å². The number of nitrogens with zero attached hydrogens (tertiary/aromatic N) is 1. The first-order valence-electron chi connectivity index (χ1n) is 9.38. The highest BCUT2D eigenvalue weighted by molar-refractivity contribution is 6.36. The molecule has 0 amide bonds. The van der Waals surface area contributed by atoms with Crippen molar-refractivity contribution in [1.82, 2.24) is 5.32 Å². The van der Waals surface area contributed by atoms with Crippen LogP contribution in [0.25, 0.3) is 11.1 Å².